The lowest BCUT2D eigenvalue weighted by Gasteiger charge is -2.09. The Hall–Kier alpha value is -3.40. The maximum atomic E-state index is 5.03. The van der Waals surface area contributed by atoms with E-state index in [2.05, 4.69) is 83.3 Å². The molecule has 0 amide bonds. The topological polar surface area (TPSA) is 26.6 Å². The standard InChI is InChI=1S/C24H19N4/c1-13-10-11-27-12-28-14(2)25-21-17-7-5-4-6-15(17)16-8-9-18-20(19(16)23(21)28)24(27)22(13)26(18)3/h4-11H,12H2,1-3H3/q+1. The number of hydrogen-bond acceptors (Lipinski definition) is 1. The molecular formula is C24H19N4+. The third kappa shape index (κ3) is 1.44. The Bertz CT molecular complexity index is 1660. The van der Waals surface area contributed by atoms with Crippen LogP contribution in [0.2, 0.25) is 0 Å². The molecule has 0 spiro atoms. The first-order valence-electron chi connectivity index (χ1n) is 9.76. The molecule has 4 heterocycles. The molecule has 0 radical (unpaired) electrons. The molecule has 0 N–H and O–H groups in total. The van der Waals surface area contributed by atoms with E-state index in [-0.39, 0.29) is 0 Å². The van der Waals surface area contributed by atoms with Gasteiger partial charge in [-0.1, -0.05) is 30.3 Å². The average molecular weight is 363 g/mol. The maximum Gasteiger partial charge on any atom is 0.241 e. The fraction of sp³-hybridized carbons (Fsp3) is 0.167. The molecule has 6 aromatic rings. The number of rotatable bonds is 0. The Balaban J connectivity index is 1.97. The largest absolute Gasteiger partial charge is 0.338 e. The minimum atomic E-state index is 0.792. The molecule has 1 aliphatic rings. The lowest BCUT2D eigenvalue weighted by atomic mass is 9.97. The van der Waals surface area contributed by atoms with Crippen molar-refractivity contribution in [1.82, 2.24) is 14.1 Å². The van der Waals surface area contributed by atoms with Gasteiger partial charge in [0, 0.05) is 23.9 Å². The summed E-state index contributed by atoms with van der Waals surface area (Å²) in [6, 6.07) is 15.5. The monoisotopic (exact) mass is 363 g/mol. The molecule has 3 aromatic heterocycles. The molecule has 28 heavy (non-hydrogen) atoms. The van der Waals surface area contributed by atoms with E-state index in [0.717, 1.165) is 18.0 Å². The third-order valence-electron chi connectivity index (χ3n) is 6.67. The van der Waals surface area contributed by atoms with Crippen LogP contribution in [0.25, 0.3) is 54.5 Å². The molecule has 7 rings (SSSR count). The van der Waals surface area contributed by atoms with Gasteiger partial charge in [0.2, 0.25) is 12.2 Å². The number of hydrogen-bond donors (Lipinski definition) is 0. The van der Waals surface area contributed by atoms with Crippen molar-refractivity contribution < 1.29 is 4.57 Å². The van der Waals surface area contributed by atoms with Crippen LogP contribution in [0.3, 0.4) is 0 Å². The lowest BCUT2D eigenvalue weighted by Crippen LogP contribution is -2.37. The molecule has 134 valence electrons. The van der Waals surface area contributed by atoms with Gasteiger partial charge >= 0.3 is 0 Å². The molecule has 0 unspecified atom stereocenters. The van der Waals surface area contributed by atoms with Crippen molar-refractivity contribution in [3.63, 3.8) is 0 Å². The fourth-order valence-electron chi connectivity index (χ4n) is 5.44. The van der Waals surface area contributed by atoms with Crippen LogP contribution in [0.1, 0.15) is 11.4 Å². The first-order valence-corrected chi connectivity index (χ1v) is 9.76. The van der Waals surface area contributed by atoms with Crippen molar-refractivity contribution in [3.05, 3.63) is 60.0 Å². The van der Waals surface area contributed by atoms with E-state index in [0.29, 0.717) is 0 Å². The molecule has 3 aromatic carbocycles. The summed E-state index contributed by atoms with van der Waals surface area (Å²) in [6.45, 7) is 5.13. The van der Waals surface area contributed by atoms with Crippen molar-refractivity contribution in [1.29, 1.82) is 0 Å². The van der Waals surface area contributed by atoms with Gasteiger partial charge in [0.05, 0.1) is 21.9 Å². The summed E-state index contributed by atoms with van der Waals surface area (Å²) in [5, 5.41) is 6.54. The van der Waals surface area contributed by atoms with Crippen LogP contribution in [0, 0.1) is 13.8 Å². The van der Waals surface area contributed by atoms with Crippen LogP contribution in [0.15, 0.2) is 48.7 Å². The van der Waals surface area contributed by atoms with Crippen molar-refractivity contribution in [3.8, 4) is 0 Å². The van der Waals surface area contributed by atoms with Gasteiger partial charge in [-0.25, -0.2) is 4.98 Å². The average Bonchev–Trinajstić information content (AvgIpc) is 3.14. The molecular weight excluding hydrogens is 344 g/mol. The summed E-state index contributed by atoms with van der Waals surface area (Å²) in [4.78, 5) is 5.03. The zero-order valence-electron chi connectivity index (χ0n) is 16.1. The smallest absolute Gasteiger partial charge is 0.241 e. The van der Waals surface area contributed by atoms with Gasteiger partial charge in [0.1, 0.15) is 11.3 Å². The van der Waals surface area contributed by atoms with Crippen LogP contribution in [0.4, 0.5) is 0 Å². The highest BCUT2D eigenvalue weighted by Crippen LogP contribution is 2.42. The fourth-order valence-corrected chi connectivity index (χ4v) is 5.44. The van der Waals surface area contributed by atoms with Gasteiger partial charge < -0.3 is 4.57 Å². The van der Waals surface area contributed by atoms with Gasteiger partial charge in [-0.15, -0.1) is 0 Å². The Labute approximate surface area is 161 Å². The SMILES string of the molecule is Cc1cc[n+]2c3c4c5c(ccc4n(C)c13)c1ccccc1c1nc(C)n(c15)C2. The number of benzene rings is 3. The summed E-state index contributed by atoms with van der Waals surface area (Å²) in [6.07, 6.45) is 2.23. The van der Waals surface area contributed by atoms with Crippen molar-refractivity contribution >= 4 is 54.5 Å². The minimum Gasteiger partial charge on any atom is -0.338 e. The highest BCUT2D eigenvalue weighted by Gasteiger charge is 2.29. The van der Waals surface area contributed by atoms with E-state index in [4.69, 9.17) is 4.98 Å². The van der Waals surface area contributed by atoms with E-state index in [1.54, 1.807) is 0 Å². The number of nitrogens with zero attached hydrogens (tertiary/aromatic N) is 4. The minimum absolute atomic E-state index is 0.792. The Morgan fingerprint density at radius 3 is 2.57 bits per heavy atom. The maximum absolute atomic E-state index is 5.03. The van der Waals surface area contributed by atoms with E-state index in [1.165, 1.54) is 54.6 Å². The van der Waals surface area contributed by atoms with Crippen LogP contribution >= 0.6 is 0 Å². The van der Waals surface area contributed by atoms with Gasteiger partial charge in [-0.3, -0.25) is 4.57 Å². The Morgan fingerprint density at radius 1 is 0.893 bits per heavy atom. The van der Waals surface area contributed by atoms with Crippen LogP contribution in [-0.4, -0.2) is 14.1 Å². The zero-order chi connectivity index (χ0) is 18.7. The summed E-state index contributed by atoms with van der Waals surface area (Å²) >= 11 is 0. The van der Waals surface area contributed by atoms with Crippen molar-refractivity contribution in [2.45, 2.75) is 20.5 Å². The Morgan fingerprint density at radius 2 is 1.71 bits per heavy atom. The van der Waals surface area contributed by atoms with Gasteiger partial charge in [0.15, 0.2) is 6.20 Å². The van der Waals surface area contributed by atoms with Gasteiger partial charge in [-0.05, 0) is 36.2 Å². The van der Waals surface area contributed by atoms with E-state index >= 15 is 0 Å². The number of fused-ring (bicyclic) bond motifs is 3. The summed E-state index contributed by atoms with van der Waals surface area (Å²) in [7, 11) is 2.19. The summed E-state index contributed by atoms with van der Waals surface area (Å²) in [5.41, 5.74) is 7.65. The molecule has 0 atom stereocenters. The molecule has 0 fully saturated rings. The number of pyridine rings is 1. The predicted octanol–water partition coefficient (Wildman–Crippen LogP) is 4.71. The van der Waals surface area contributed by atoms with Gasteiger partial charge in [0.25, 0.3) is 0 Å². The highest BCUT2D eigenvalue weighted by molar-refractivity contribution is 6.33. The first-order chi connectivity index (χ1) is 13.6. The molecule has 0 saturated heterocycles. The second kappa shape index (κ2) is 4.53. The van der Waals surface area contributed by atoms with E-state index in [9.17, 15) is 0 Å². The number of imidazole rings is 1. The van der Waals surface area contributed by atoms with Gasteiger partial charge in [-0.2, -0.15) is 4.57 Å². The van der Waals surface area contributed by atoms with E-state index in [1.807, 2.05) is 0 Å². The third-order valence-corrected chi connectivity index (χ3v) is 6.67. The quantitative estimate of drug-likeness (QED) is 0.283. The molecule has 0 aliphatic carbocycles. The zero-order valence-corrected chi connectivity index (χ0v) is 16.1. The van der Waals surface area contributed by atoms with Crippen LogP contribution < -0.4 is 4.57 Å². The number of aryl methyl sites for hydroxylation is 3. The summed E-state index contributed by atoms with van der Waals surface area (Å²) in [5.74, 6) is 1.07. The summed E-state index contributed by atoms with van der Waals surface area (Å²) < 4.78 is 7.14. The lowest BCUT2D eigenvalue weighted by molar-refractivity contribution is -0.674. The Kier molecular flexibility index (Phi) is 2.37. The predicted molar refractivity (Wildman–Crippen MR) is 114 cm³/mol. The molecule has 4 heteroatoms. The van der Waals surface area contributed by atoms with Crippen LogP contribution in [0.5, 0.6) is 0 Å². The van der Waals surface area contributed by atoms with Crippen molar-refractivity contribution in [2.24, 2.45) is 7.05 Å². The van der Waals surface area contributed by atoms with E-state index < -0.39 is 0 Å². The first kappa shape index (κ1) is 14.6. The molecule has 0 bridgehead atoms. The van der Waals surface area contributed by atoms with Crippen LogP contribution in [-0.2, 0) is 13.7 Å². The molecule has 0 saturated carbocycles. The molecule has 4 nitrogen and oxygen atoms in total. The van der Waals surface area contributed by atoms with Crippen molar-refractivity contribution in [2.75, 3.05) is 0 Å². The highest BCUT2D eigenvalue weighted by atomic mass is 15.2. The molecule has 1 aliphatic heterocycles. The second-order valence-corrected chi connectivity index (χ2v) is 8.08. The normalized spacial score (nSPS) is 13.4. The second-order valence-electron chi connectivity index (χ2n) is 8.08. The number of aromatic nitrogens is 4.